The SMILES string of the molecule is [2H]c1nc(Br)n(C(=O)OC(C)(C)C)c1[2H]. The molecular weight excluding hydrogens is 236 g/mol. The van der Waals surface area contributed by atoms with Gasteiger partial charge in [-0.2, -0.15) is 0 Å². The van der Waals surface area contributed by atoms with Crippen LogP contribution in [0.4, 0.5) is 4.79 Å². The zero-order valence-electron chi connectivity index (χ0n) is 9.59. The van der Waals surface area contributed by atoms with Gasteiger partial charge in [0.1, 0.15) is 5.60 Å². The van der Waals surface area contributed by atoms with Crippen molar-refractivity contribution in [3.05, 3.63) is 17.1 Å². The van der Waals surface area contributed by atoms with Crippen LogP contribution in [0.2, 0.25) is 0 Å². The van der Waals surface area contributed by atoms with E-state index in [-0.39, 0.29) is 17.1 Å². The predicted octanol–water partition coefficient (Wildman–Crippen LogP) is 2.43. The van der Waals surface area contributed by atoms with Crippen LogP contribution in [0.3, 0.4) is 0 Å². The third kappa shape index (κ3) is 2.84. The average Bonchev–Trinajstić information content (AvgIpc) is 2.22. The summed E-state index contributed by atoms with van der Waals surface area (Å²) in [7, 11) is 0. The summed E-state index contributed by atoms with van der Waals surface area (Å²) in [6, 6.07) is 0. The van der Waals surface area contributed by atoms with Crippen molar-refractivity contribution in [3.8, 4) is 0 Å². The van der Waals surface area contributed by atoms with Crippen molar-refractivity contribution in [3.63, 3.8) is 0 Å². The van der Waals surface area contributed by atoms with Crippen LogP contribution in [0.25, 0.3) is 0 Å². The third-order valence-electron chi connectivity index (χ3n) is 1.07. The highest BCUT2D eigenvalue weighted by Gasteiger charge is 2.18. The first-order valence-electron chi connectivity index (χ1n) is 4.67. The number of nitrogens with zero attached hydrogens (tertiary/aromatic N) is 2. The summed E-state index contributed by atoms with van der Waals surface area (Å²) in [5, 5.41) is 0. The summed E-state index contributed by atoms with van der Waals surface area (Å²) in [5.41, 5.74) is -0.643. The fourth-order valence-corrected chi connectivity index (χ4v) is 0.968. The van der Waals surface area contributed by atoms with Crippen molar-refractivity contribution in [2.45, 2.75) is 26.4 Å². The molecule has 0 unspecified atom stereocenters. The zero-order chi connectivity index (χ0) is 11.8. The molecule has 4 nitrogen and oxygen atoms in total. The normalized spacial score (nSPS) is 13.5. The minimum Gasteiger partial charge on any atom is -0.443 e. The maximum absolute atomic E-state index is 11.6. The number of hydrogen-bond acceptors (Lipinski definition) is 3. The van der Waals surface area contributed by atoms with Crippen molar-refractivity contribution in [1.82, 2.24) is 9.55 Å². The van der Waals surface area contributed by atoms with E-state index in [0.717, 1.165) is 4.57 Å². The second-order valence-electron chi connectivity index (χ2n) is 3.42. The van der Waals surface area contributed by atoms with Crippen LogP contribution in [-0.4, -0.2) is 21.2 Å². The molecule has 13 heavy (non-hydrogen) atoms. The van der Waals surface area contributed by atoms with Crippen LogP contribution in [0.1, 0.15) is 23.5 Å². The number of aromatic nitrogens is 2. The Morgan fingerprint density at radius 2 is 2.38 bits per heavy atom. The Bertz CT molecular complexity index is 398. The van der Waals surface area contributed by atoms with Gasteiger partial charge in [-0.1, -0.05) is 0 Å². The third-order valence-corrected chi connectivity index (χ3v) is 1.60. The molecule has 1 rings (SSSR count). The number of carbonyl (C=O) groups excluding carboxylic acids is 1. The first kappa shape index (κ1) is 7.55. The number of hydrogen-bond donors (Lipinski definition) is 0. The lowest BCUT2D eigenvalue weighted by Crippen LogP contribution is -2.26. The van der Waals surface area contributed by atoms with Crippen LogP contribution in [0, 0.1) is 0 Å². The Morgan fingerprint density at radius 3 is 2.77 bits per heavy atom. The molecule has 0 fully saturated rings. The zero-order valence-corrected chi connectivity index (χ0v) is 9.17. The van der Waals surface area contributed by atoms with Crippen LogP contribution >= 0.6 is 15.9 Å². The molecular formula is C8H11BrN2O2. The smallest absolute Gasteiger partial charge is 0.420 e. The number of imidazole rings is 1. The summed E-state index contributed by atoms with van der Waals surface area (Å²) in [4.78, 5) is 15.2. The van der Waals surface area contributed by atoms with Gasteiger partial charge in [0.15, 0.2) is 4.73 Å². The van der Waals surface area contributed by atoms with Crippen LogP contribution < -0.4 is 0 Å². The fourth-order valence-electron chi connectivity index (χ4n) is 0.646. The van der Waals surface area contributed by atoms with E-state index in [4.69, 9.17) is 7.48 Å². The van der Waals surface area contributed by atoms with E-state index in [1.54, 1.807) is 20.8 Å². The molecule has 0 saturated carbocycles. The highest BCUT2D eigenvalue weighted by molar-refractivity contribution is 9.10. The van der Waals surface area contributed by atoms with Crippen LogP contribution in [0.5, 0.6) is 0 Å². The molecule has 5 heteroatoms. The Hall–Kier alpha value is -0.840. The summed E-state index contributed by atoms with van der Waals surface area (Å²) in [5.74, 6) is 0. The molecule has 0 radical (unpaired) electrons. The monoisotopic (exact) mass is 248 g/mol. The second kappa shape index (κ2) is 3.49. The minimum atomic E-state index is -0.717. The van der Waals surface area contributed by atoms with E-state index in [1.165, 1.54) is 0 Å². The van der Waals surface area contributed by atoms with Gasteiger partial charge in [-0.25, -0.2) is 14.3 Å². The van der Waals surface area contributed by atoms with E-state index >= 15 is 0 Å². The molecule has 0 amide bonds. The Kier molecular flexibility index (Phi) is 2.03. The molecule has 0 aliphatic heterocycles. The predicted molar refractivity (Wildman–Crippen MR) is 51.6 cm³/mol. The molecule has 0 atom stereocenters. The molecule has 1 heterocycles. The Morgan fingerprint density at radius 1 is 1.77 bits per heavy atom. The topological polar surface area (TPSA) is 44.1 Å². The largest absolute Gasteiger partial charge is 0.443 e. The van der Waals surface area contributed by atoms with Crippen molar-refractivity contribution in [2.75, 3.05) is 0 Å². The van der Waals surface area contributed by atoms with Gasteiger partial charge in [0.05, 0.1) is 2.74 Å². The van der Waals surface area contributed by atoms with Gasteiger partial charge in [-0.05, 0) is 36.7 Å². The Balaban J connectivity index is 3.02. The fraction of sp³-hybridized carbons (Fsp3) is 0.500. The van der Waals surface area contributed by atoms with E-state index < -0.39 is 11.7 Å². The van der Waals surface area contributed by atoms with Crippen molar-refractivity contribution < 1.29 is 12.3 Å². The lowest BCUT2D eigenvalue weighted by molar-refractivity contribution is 0.0533. The van der Waals surface area contributed by atoms with Gasteiger partial charge in [0, 0.05) is 12.3 Å². The highest BCUT2D eigenvalue weighted by atomic mass is 79.9. The average molecular weight is 249 g/mol. The standard InChI is InChI=1S/C8H11BrN2O2/c1-8(2,3)13-7(12)11-5-4-10-6(11)9/h4-5H,1-3H3/i4D,5D. The number of rotatable bonds is 0. The lowest BCUT2D eigenvalue weighted by atomic mass is 10.2. The molecule has 0 bridgehead atoms. The van der Waals surface area contributed by atoms with Gasteiger partial charge >= 0.3 is 6.09 Å². The first-order valence-corrected chi connectivity index (χ1v) is 4.46. The van der Waals surface area contributed by atoms with E-state index in [0.29, 0.717) is 0 Å². The molecule has 0 saturated heterocycles. The molecule has 1 aromatic heterocycles. The number of carbonyl (C=O) groups is 1. The summed E-state index contributed by atoms with van der Waals surface area (Å²) < 4.78 is 20.7. The number of ether oxygens (including phenoxy) is 1. The van der Waals surface area contributed by atoms with E-state index in [1.807, 2.05) is 0 Å². The molecule has 0 spiro atoms. The summed E-state index contributed by atoms with van der Waals surface area (Å²) in [6.07, 6.45) is -1.28. The highest BCUT2D eigenvalue weighted by Crippen LogP contribution is 2.12. The van der Waals surface area contributed by atoms with Gasteiger partial charge < -0.3 is 4.74 Å². The minimum absolute atomic E-state index is 0.103. The summed E-state index contributed by atoms with van der Waals surface area (Å²) >= 11 is 2.99. The van der Waals surface area contributed by atoms with Crippen molar-refractivity contribution >= 4 is 22.0 Å². The maximum Gasteiger partial charge on any atom is 0.420 e. The molecule has 0 aliphatic rings. The number of halogens is 1. The van der Waals surface area contributed by atoms with Crippen LogP contribution in [-0.2, 0) is 4.74 Å². The summed E-state index contributed by atoms with van der Waals surface area (Å²) in [6.45, 7) is 5.17. The molecule has 0 aromatic carbocycles. The van der Waals surface area contributed by atoms with Crippen LogP contribution in [0.15, 0.2) is 17.1 Å². The van der Waals surface area contributed by atoms with Crippen molar-refractivity contribution in [2.24, 2.45) is 0 Å². The first-order chi connectivity index (χ1) is 6.72. The molecule has 0 aliphatic carbocycles. The second-order valence-corrected chi connectivity index (χ2v) is 4.13. The van der Waals surface area contributed by atoms with Gasteiger partial charge in [-0.3, -0.25) is 0 Å². The lowest BCUT2D eigenvalue weighted by Gasteiger charge is -2.19. The molecule has 1 aromatic rings. The molecule has 0 N–H and O–H groups in total. The Labute approximate surface area is 87.8 Å². The van der Waals surface area contributed by atoms with E-state index in [9.17, 15) is 4.79 Å². The maximum atomic E-state index is 11.6. The molecule has 72 valence electrons. The quantitative estimate of drug-likeness (QED) is 0.709. The van der Waals surface area contributed by atoms with Gasteiger partial charge in [-0.15, -0.1) is 0 Å². The van der Waals surface area contributed by atoms with E-state index in [2.05, 4.69) is 20.9 Å². The van der Waals surface area contributed by atoms with Gasteiger partial charge in [0.25, 0.3) is 0 Å². The van der Waals surface area contributed by atoms with Gasteiger partial charge in [0.2, 0.25) is 0 Å². The van der Waals surface area contributed by atoms with Crippen molar-refractivity contribution in [1.29, 1.82) is 0 Å².